The summed E-state index contributed by atoms with van der Waals surface area (Å²) in [4.78, 5) is 2.91. The van der Waals surface area contributed by atoms with Crippen LogP contribution in [0.2, 0.25) is 0 Å². The summed E-state index contributed by atoms with van der Waals surface area (Å²) in [5.41, 5.74) is 9.63. The van der Waals surface area contributed by atoms with Gasteiger partial charge in [0.05, 0.1) is 32.0 Å². The summed E-state index contributed by atoms with van der Waals surface area (Å²) in [5, 5.41) is 3.83. The van der Waals surface area contributed by atoms with E-state index in [1.54, 1.807) is 0 Å². The van der Waals surface area contributed by atoms with Gasteiger partial charge in [0.1, 0.15) is 0 Å². The van der Waals surface area contributed by atoms with Gasteiger partial charge in [0, 0.05) is 4.91 Å². The van der Waals surface area contributed by atoms with Crippen molar-refractivity contribution in [1.82, 2.24) is 0 Å². The minimum atomic E-state index is -0.187. The summed E-state index contributed by atoms with van der Waals surface area (Å²) in [7, 11) is 0. The molecular formula is C12H15N3O2. The topological polar surface area (TPSA) is 67.2 Å². The number of hydrogen-bond donors (Lipinski definition) is 0. The van der Waals surface area contributed by atoms with Gasteiger partial charge in [-0.25, -0.2) is 0 Å². The Labute approximate surface area is 100.0 Å². The zero-order valence-corrected chi connectivity index (χ0v) is 9.53. The average Bonchev–Trinajstić information content (AvgIpc) is 2.40. The third-order valence-electron chi connectivity index (χ3n) is 2.75. The maximum atomic E-state index is 8.61. The molecule has 1 aromatic rings. The van der Waals surface area contributed by atoms with Gasteiger partial charge in [0.15, 0.2) is 0 Å². The highest BCUT2D eigenvalue weighted by atomic mass is 16.6. The van der Waals surface area contributed by atoms with Crippen LogP contribution in [-0.2, 0) is 9.47 Å². The van der Waals surface area contributed by atoms with Crippen molar-refractivity contribution in [1.29, 1.82) is 0 Å². The Bertz CT molecular complexity index is 384. The molecule has 0 spiro atoms. The molecule has 0 bridgehead atoms. The predicted octanol–water partition coefficient (Wildman–Crippen LogP) is 2.84. The van der Waals surface area contributed by atoms with Crippen LogP contribution in [0.3, 0.4) is 0 Å². The molecule has 0 aromatic heterocycles. The monoisotopic (exact) mass is 233 g/mol. The molecule has 0 radical (unpaired) electrons. The number of ether oxygens (including phenoxy) is 2. The smallest absolute Gasteiger partial charge is 0.0816 e. The Morgan fingerprint density at radius 2 is 2.18 bits per heavy atom. The molecule has 5 heteroatoms. The molecule has 0 saturated carbocycles. The van der Waals surface area contributed by atoms with Gasteiger partial charge in [-0.3, -0.25) is 0 Å². The Balaban J connectivity index is 2.04. The van der Waals surface area contributed by atoms with E-state index in [2.05, 4.69) is 10.0 Å². The van der Waals surface area contributed by atoms with E-state index >= 15 is 0 Å². The van der Waals surface area contributed by atoms with Crippen molar-refractivity contribution < 1.29 is 9.47 Å². The Kier molecular flexibility index (Phi) is 4.38. The van der Waals surface area contributed by atoms with E-state index in [1.807, 2.05) is 30.3 Å². The zero-order chi connectivity index (χ0) is 11.9. The highest BCUT2D eigenvalue weighted by molar-refractivity contribution is 5.19. The standard InChI is InChI=1S/C12H15N3O2/c13-15-14-12(10-4-2-1-3-5-10)8-11-9-16-6-7-17-11/h1-5,11-12H,6-9H2. The first kappa shape index (κ1) is 11.9. The highest BCUT2D eigenvalue weighted by Gasteiger charge is 2.20. The van der Waals surface area contributed by atoms with Crippen LogP contribution in [0.4, 0.5) is 0 Å². The van der Waals surface area contributed by atoms with E-state index < -0.39 is 0 Å². The lowest BCUT2D eigenvalue weighted by Crippen LogP contribution is -2.29. The van der Waals surface area contributed by atoms with Gasteiger partial charge in [-0.15, -0.1) is 0 Å². The van der Waals surface area contributed by atoms with E-state index in [1.165, 1.54) is 0 Å². The third-order valence-corrected chi connectivity index (χ3v) is 2.75. The van der Waals surface area contributed by atoms with Gasteiger partial charge >= 0.3 is 0 Å². The second kappa shape index (κ2) is 6.25. The van der Waals surface area contributed by atoms with Crippen molar-refractivity contribution in [3.8, 4) is 0 Å². The van der Waals surface area contributed by atoms with Gasteiger partial charge in [-0.1, -0.05) is 35.4 Å². The van der Waals surface area contributed by atoms with Gasteiger partial charge in [-0.2, -0.15) is 0 Å². The van der Waals surface area contributed by atoms with E-state index in [0.717, 1.165) is 5.56 Å². The minimum absolute atomic E-state index is 0.0134. The Hall–Kier alpha value is -1.55. The maximum Gasteiger partial charge on any atom is 0.0816 e. The predicted molar refractivity (Wildman–Crippen MR) is 63.5 cm³/mol. The lowest BCUT2D eigenvalue weighted by molar-refractivity contribution is -0.0926. The second-order valence-corrected chi connectivity index (χ2v) is 3.93. The maximum absolute atomic E-state index is 8.61. The van der Waals surface area contributed by atoms with Gasteiger partial charge < -0.3 is 9.47 Å². The molecule has 2 rings (SSSR count). The van der Waals surface area contributed by atoms with Crippen molar-refractivity contribution >= 4 is 0 Å². The molecule has 0 amide bonds. The van der Waals surface area contributed by atoms with Crippen LogP contribution in [0.15, 0.2) is 35.4 Å². The number of azide groups is 1. The Morgan fingerprint density at radius 3 is 2.82 bits per heavy atom. The van der Waals surface area contributed by atoms with Crippen LogP contribution in [0.5, 0.6) is 0 Å². The quantitative estimate of drug-likeness (QED) is 0.456. The summed E-state index contributed by atoms with van der Waals surface area (Å²) in [6, 6.07) is 9.55. The fraction of sp³-hybridized carbons (Fsp3) is 0.500. The SMILES string of the molecule is [N-]=[N+]=NC(CC1COCCO1)c1ccccc1. The Morgan fingerprint density at radius 1 is 1.35 bits per heavy atom. The lowest BCUT2D eigenvalue weighted by atomic mass is 10.0. The van der Waals surface area contributed by atoms with Crippen LogP contribution in [0.25, 0.3) is 10.4 Å². The van der Waals surface area contributed by atoms with Crippen molar-refractivity contribution in [2.45, 2.75) is 18.6 Å². The summed E-state index contributed by atoms with van der Waals surface area (Å²) in [6.45, 7) is 1.83. The molecule has 0 N–H and O–H groups in total. The molecular weight excluding hydrogens is 218 g/mol. The van der Waals surface area contributed by atoms with Crippen LogP contribution in [0.1, 0.15) is 18.0 Å². The molecule has 1 fully saturated rings. The van der Waals surface area contributed by atoms with Crippen LogP contribution in [0, 0.1) is 0 Å². The molecule has 1 aliphatic heterocycles. The van der Waals surface area contributed by atoms with Gasteiger partial charge in [0.25, 0.3) is 0 Å². The average molecular weight is 233 g/mol. The van der Waals surface area contributed by atoms with Crippen LogP contribution in [-0.4, -0.2) is 25.9 Å². The first-order valence-electron chi connectivity index (χ1n) is 5.68. The van der Waals surface area contributed by atoms with E-state index in [0.29, 0.717) is 26.2 Å². The number of nitrogens with zero attached hydrogens (tertiary/aromatic N) is 3. The minimum Gasteiger partial charge on any atom is -0.376 e. The molecule has 1 heterocycles. The second-order valence-electron chi connectivity index (χ2n) is 3.93. The number of rotatable bonds is 4. The summed E-state index contributed by atoms with van der Waals surface area (Å²) < 4.78 is 10.9. The fourth-order valence-electron chi connectivity index (χ4n) is 1.91. The summed E-state index contributed by atoms with van der Waals surface area (Å²) in [6.07, 6.45) is 0.674. The molecule has 2 unspecified atom stereocenters. The first-order chi connectivity index (χ1) is 8.40. The number of benzene rings is 1. The summed E-state index contributed by atoms with van der Waals surface area (Å²) in [5.74, 6) is 0. The van der Waals surface area contributed by atoms with Crippen molar-refractivity contribution in [2.75, 3.05) is 19.8 Å². The largest absolute Gasteiger partial charge is 0.376 e. The molecule has 0 aliphatic carbocycles. The van der Waals surface area contributed by atoms with E-state index in [4.69, 9.17) is 15.0 Å². The number of hydrogen-bond acceptors (Lipinski definition) is 3. The van der Waals surface area contributed by atoms with E-state index in [-0.39, 0.29) is 12.1 Å². The molecule has 1 aromatic carbocycles. The van der Waals surface area contributed by atoms with Crippen LogP contribution < -0.4 is 0 Å². The fourth-order valence-corrected chi connectivity index (χ4v) is 1.91. The molecule has 5 nitrogen and oxygen atoms in total. The molecule has 17 heavy (non-hydrogen) atoms. The van der Waals surface area contributed by atoms with Gasteiger partial charge in [-0.05, 0) is 17.5 Å². The van der Waals surface area contributed by atoms with Gasteiger partial charge in [0.2, 0.25) is 0 Å². The molecule has 1 aliphatic rings. The molecule has 2 atom stereocenters. The highest BCUT2D eigenvalue weighted by Crippen LogP contribution is 2.24. The molecule has 90 valence electrons. The zero-order valence-electron chi connectivity index (χ0n) is 9.53. The first-order valence-corrected chi connectivity index (χ1v) is 5.68. The van der Waals surface area contributed by atoms with Crippen molar-refractivity contribution in [2.24, 2.45) is 5.11 Å². The van der Waals surface area contributed by atoms with Crippen LogP contribution >= 0.6 is 0 Å². The third kappa shape index (κ3) is 3.46. The van der Waals surface area contributed by atoms with Crippen molar-refractivity contribution in [3.63, 3.8) is 0 Å². The van der Waals surface area contributed by atoms with E-state index in [9.17, 15) is 0 Å². The van der Waals surface area contributed by atoms with Crippen molar-refractivity contribution in [3.05, 3.63) is 46.3 Å². The normalized spacial score (nSPS) is 21.5. The molecule has 1 saturated heterocycles. The summed E-state index contributed by atoms with van der Waals surface area (Å²) >= 11 is 0. The lowest BCUT2D eigenvalue weighted by Gasteiger charge is -2.25.